The smallest absolute Gasteiger partial charge is 0.414 e. The summed E-state index contributed by atoms with van der Waals surface area (Å²) >= 11 is 0. The summed E-state index contributed by atoms with van der Waals surface area (Å²) in [6, 6.07) is 15.0. The van der Waals surface area contributed by atoms with Crippen molar-refractivity contribution in [3.8, 4) is 11.5 Å². The van der Waals surface area contributed by atoms with Gasteiger partial charge in [0.1, 0.15) is 23.7 Å². The lowest BCUT2D eigenvalue weighted by atomic mass is 10.1. The largest absolute Gasteiger partial charge is 0.497 e. The molecule has 2 aliphatic heterocycles. The summed E-state index contributed by atoms with van der Waals surface area (Å²) in [5.74, 6) is 1.60. The van der Waals surface area contributed by atoms with Gasteiger partial charge in [-0.15, -0.1) is 0 Å². The highest BCUT2D eigenvalue weighted by molar-refractivity contribution is 5.90. The Morgan fingerprint density at radius 3 is 2.38 bits per heavy atom. The van der Waals surface area contributed by atoms with Crippen molar-refractivity contribution in [1.82, 2.24) is 4.90 Å². The maximum absolute atomic E-state index is 12.4. The Kier molecular flexibility index (Phi) is 7.90. The molecule has 8 heteroatoms. The van der Waals surface area contributed by atoms with E-state index in [1.54, 1.807) is 12.0 Å². The summed E-state index contributed by atoms with van der Waals surface area (Å²) in [5.41, 5.74) is 1.60. The van der Waals surface area contributed by atoms with E-state index in [2.05, 4.69) is 10.2 Å². The molecule has 34 heavy (non-hydrogen) atoms. The number of nitrogens with one attached hydrogen (secondary N) is 1. The third-order valence-corrected chi connectivity index (χ3v) is 6.17. The number of amides is 2. The number of likely N-dealkylation sites (tertiary alicyclic amines) is 1. The van der Waals surface area contributed by atoms with Crippen LogP contribution < -0.4 is 19.7 Å². The molecule has 8 nitrogen and oxygen atoms in total. The lowest BCUT2D eigenvalue weighted by Gasteiger charge is -2.33. The van der Waals surface area contributed by atoms with Crippen molar-refractivity contribution >= 4 is 23.4 Å². The van der Waals surface area contributed by atoms with Gasteiger partial charge in [0, 0.05) is 37.4 Å². The normalized spacial score (nSPS) is 19.1. The van der Waals surface area contributed by atoms with Crippen LogP contribution in [0.1, 0.15) is 32.6 Å². The molecule has 2 saturated heterocycles. The van der Waals surface area contributed by atoms with Crippen LogP contribution in [0.3, 0.4) is 0 Å². The summed E-state index contributed by atoms with van der Waals surface area (Å²) in [7, 11) is 1.62. The third kappa shape index (κ3) is 6.20. The summed E-state index contributed by atoms with van der Waals surface area (Å²) in [4.78, 5) is 28.1. The molecule has 1 atom stereocenters. The van der Waals surface area contributed by atoms with E-state index >= 15 is 0 Å². The number of piperidine rings is 1. The molecule has 2 heterocycles. The molecule has 1 N–H and O–H groups in total. The minimum atomic E-state index is -0.303. The first kappa shape index (κ1) is 23.9. The molecule has 0 spiro atoms. The van der Waals surface area contributed by atoms with Crippen LogP contribution in [0.15, 0.2) is 48.5 Å². The van der Waals surface area contributed by atoms with E-state index in [1.807, 2.05) is 55.5 Å². The van der Waals surface area contributed by atoms with Crippen LogP contribution in [-0.4, -0.2) is 62.4 Å². The van der Waals surface area contributed by atoms with E-state index in [0.29, 0.717) is 13.0 Å². The Morgan fingerprint density at radius 1 is 1.06 bits per heavy atom. The van der Waals surface area contributed by atoms with Gasteiger partial charge in [0.05, 0.1) is 13.7 Å². The Bertz CT molecular complexity index is 955. The van der Waals surface area contributed by atoms with Gasteiger partial charge in [-0.05, 0) is 67.8 Å². The minimum absolute atomic E-state index is 0.0311. The van der Waals surface area contributed by atoms with Gasteiger partial charge in [0.2, 0.25) is 5.91 Å². The molecule has 2 fully saturated rings. The van der Waals surface area contributed by atoms with Crippen LogP contribution in [-0.2, 0) is 9.53 Å². The molecule has 0 bridgehead atoms. The lowest BCUT2D eigenvalue weighted by molar-refractivity contribution is -0.116. The van der Waals surface area contributed by atoms with Crippen LogP contribution >= 0.6 is 0 Å². The first-order chi connectivity index (χ1) is 16.5. The Labute approximate surface area is 200 Å². The van der Waals surface area contributed by atoms with Crippen LogP contribution in [0.2, 0.25) is 0 Å². The van der Waals surface area contributed by atoms with E-state index in [9.17, 15) is 9.59 Å². The summed E-state index contributed by atoms with van der Waals surface area (Å²) < 4.78 is 17.0. The molecular formula is C26H33N3O5. The van der Waals surface area contributed by atoms with Crippen LogP contribution in [0.25, 0.3) is 0 Å². The lowest BCUT2D eigenvalue weighted by Crippen LogP contribution is -2.42. The number of ether oxygens (including phenoxy) is 3. The Balaban J connectivity index is 1.20. The number of cyclic esters (lactones) is 1. The fourth-order valence-electron chi connectivity index (χ4n) is 4.35. The maximum atomic E-state index is 12.4. The molecule has 0 aliphatic carbocycles. The zero-order valence-corrected chi connectivity index (χ0v) is 19.9. The molecule has 2 aliphatic rings. The van der Waals surface area contributed by atoms with Crippen molar-refractivity contribution < 1.29 is 23.8 Å². The standard InChI is InChI=1S/C26H33N3O5/c1-3-4-25(30)27-19-5-9-22(10-6-19)33-23-13-15-28(16-14-23)17-24-18-29(26(31)34-24)20-7-11-21(32-2)12-8-20/h5-12,23-24H,3-4,13-18H2,1-2H3,(H,27,30). The van der Waals surface area contributed by atoms with Gasteiger partial charge in [-0.2, -0.15) is 0 Å². The first-order valence-corrected chi connectivity index (χ1v) is 11.9. The molecule has 0 radical (unpaired) electrons. The van der Waals surface area contributed by atoms with E-state index in [0.717, 1.165) is 61.8 Å². The van der Waals surface area contributed by atoms with Crippen LogP contribution in [0.4, 0.5) is 16.2 Å². The Hall–Kier alpha value is -3.26. The second-order valence-electron chi connectivity index (χ2n) is 8.75. The van der Waals surface area contributed by atoms with Gasteiger partial charge in [-0.3, -0.25) is 14.6 Å². The minimum Gasteiger partial charge on any atom is -0.497 e. The Morgan fingerprint density at radius 2 is 1.74 bits per heavy atom. The first-order valence-electron chi connectivity index (χ1n) is 11.9. The summed E-state index contributed by atoms with van der Waals surface area (Å²) in [5, 5.41) is 2.89. The van der Waals surface area contributed by atoms with E-state index in [4.69, 9.17) is 14.2 Å². The van der Waals surface area contributed by atoms with Gasteiger partial charge in [-0.1, -0.05) is 6.92 Å². The third-order valence-electron chi connectivity index (χ3n) is 6.17. The number of nitrogens with zero attached hydrogens (tertiary/aromatic N) is 2. The van der Waals surface area contributed by atoms with E-state index < -0.39 is 0 Å². The number of rotatable bonds is 9. The second kappa shape index (κ2) is 11.2. The average Bonchev–Trinajstić information content (AvgIpc) is 3.21. The molecule has 182 valence electrons. The maximum Gasteiger partial charge on any atom is 0.414 e. The highest BCUT2D eigenvalue weighted by Crippen LogP contribution is 2.26. The number of methoxy groups -OCH3 is 1. The van der Waals surface area contributed by atoms with E-state index in [-0.39, 0.29) is 24.2 Å². The SMILES string of the molecule is CCCC(=O)Nc1ccc(OC2CCN(CC3CN(c4ccc(OC)cc4)C(=O)O3)CC2)cc1. The van der Waals surface area contributed by atoms with E-state index in [1.165, 1.54) is 0 Å². The fraction of sp³-hybridized carbons (Fsp3) is 0.462. The van der Waals surface area contributed by atoms with Crippen LogP contribution in [0, 0.1) is 0 Å². The van der Waals surface area contributed by atoms with Gasteiger partial charge >= 0.3 is 6.09 Å². The van der Waals surface area contributed by atoms with Gasteiger partial charge in [0.15, 0.2) is 0 Å². The predicted molar refractivity (Wildman–Crippen MR) is 131 cm³/mol. The molecule has 0 saturated carbocycles. The number of hydrogen-bond donors (Lipinski definition) is 1. The van der Waals surface area contributed by atoms with Gasteiger partial charge in [-0.25, -0.2) is 4.79 Å². The molecule has 2 aromatic carbocycles. The zero-order chi connectivity index (χ0) is 23.9. The number of carbonyl (C=O) groups is 2. The highest BCUT2D eigenvalue weighted by Gasteiger charge is 2.34. The zero-order valence-electron chi connectivity index (χ0n) is 19.9. The average molecular weight is 468 g/mol. The highest BCUT2D eigenvalue weighted by atomic mass is 16.6. The number of benzene rings is 2. The molecule has 2 amide bonds. The fourth-order valence-corrected chi connectivity index (χ4v) is 4.35. The van der Waals surface area contributed by atoms with Crippen molar-refractivity contribution in [2.75, 3.05) is 43.5 Å². The van der Waals surface area contributed by atoms with Gasteiger partial charge < -0.3 is 19.5 Å². The number of carbonyl (C=O) groups excluding carboxylic acids is 2. The van der Waals surface area contributed by atoms with Crippen molar-refractivity contribution in [2.24, 2.45) is 0 Å². The molecule has 0 aromatic heterocycles. The van der Waals surface area contributed by atoms with Crippen LogP contribution in [0.5, 0.6) is 11.5 Å². The van der Waals surface area contributed by atoms with Gasteiger partial charge in [0.25, 0.3) is 0 Å². The summed E-state index contributed by atoms with van der Waals surface area (Å²) in [6.07, 6.45) is 2.88. The van der Waals surface area contributed by atoms with Crippen molar-refractivity contribution in [3.63, 3.8) is 0 Å². The monoisotopic (exact) mass is 467 g/mol. The number of anilines is 2. The quantitative estimate of drug-likeness (QED) is 0.592. The van der Waals surface area contributed by atoms with Crippen molar-refractivity contribution in [2.45, 2.75) is 44.8 Å². The van der Waals surface area contributed by atoms with Crippen molar-refractivity contribution in [3.05, 3.63) is 48.5 Å². The molecule has 1 unspecified atom stereocenters. The number of hydrogen-bond acceptors (Lipinski definition) is 6. The molecular weight excluding hydrogens is 434 g/mol. The molecule has 2 aromatic rings. The topological polar surface area (TPSA) is 80.3 Å². The summed E-state index contributed by atoms with van der Waals surface area (Å²) in [6.45, 7) is 5.04. The van der Waals surface area contributed by atoms with Crippen molar-refractivity contribution in [1.29, 1.82) is 0 Å². The second-order valence-corrected chi connectivity index (χ2v) is 8.75. The molecule has 4 rings (SSSR count). The predicted octanol–water partition coefficient (Wildman–Crippen LogP) is 4.30.